The quantitative estimate of drug-likeness (QED) is 0.222. The van der Waals surface area contributed by atoms with Crippen LogP contribution in [0, 0.1) is 6.92 Å². The number of halogens is 3. The molecule has 1 heterocycles. The molecule has 0 aliphatic rings. The van der Waals surface area contributed by atoms with Gasteiger partial charge in [-0.2, -0.15) is 18.4 Å². The van der Waals surface area contributed by atoms with Gasteiger partial charge in [-0.05, 0) is 65.8 Å². The number of alkyl halides is 3. The molecule has 10 heteroatoms. The first-order chi connectivity index (χ1) is 18.7. The van der Waals surface area contributed by atoms with E-state index in [4.69, 9.17) is 4.74 Å². The fraction of sp³-hybridized carbons (Fsp3) is 0.310. The van der Waals surface area contributed by atoms with Crippen molar-refractivity contribution < 1.29 is 22.7 Å². The fourth-order valence-electron chi connectivity index (χ4n) is 4.27. The molecular weight excluding hydrogens is 507 g/mol. The standard InChI is InChI=1S/C29H30F3N5O2/c1-3-15-39-27-21(7-6-14-29(30,31)32)17-22(23-8-4-5-9-24(23)28-34-36-37-35-28)18-25(27)33-26(38)16-20-12-10-19(2)11-13-20/h4-5,8-13,17-18H,3,6-7,14-16H2,1-2H3,(H,33,38)(H,34,35,36,37). The molecule has 0 aliphatic heterocycles. The smallest absolute Gasteiger partial charge is 0.389 e. The first kappa shape index (κ1) is 27.8. The molecule has 1 aromatic heterocycles. The highest BCUT2D eigenvalue weighted by molar-refractivity contribution is 5.95. The highest BCUT2D eigenvalue weighted by Gasteiger charge is 2.27. The summed E-state index contributed by atoms with van der Waals surface area (Å²) >= 11 is 0. The number of tetrazole rings is 1. The lowest BCUT2D eigenvalue weighted by atomic mass is 9.94. The Morgan fingerprint density at radius 2 is 1.79 bits per heavy atom. The molecule has 2 N–H and O–H groups in total. The Bertz CT molecular complexity index is 1390. The lowest BCUT2D eigenvalue weighted by molar-refractivity contribution is -0.135. The topological polar surface area (TPSA) is 92.8 Å². The van der Waals surface area contributed by atoms with E-state index in [1.165, 1.54) is 0 Å². The van der Waals surface area contributed by atoms with Crippen molar-refractivity contribution in [3.8, 4) is 28.3 Å². The van der Waals surface area contributed by atoms with Crippen molar-refractivity contribution in [2.75, 3.05) is 11.9 Å². The van der Waals surface area contributed by atoms with E-state index in [0.29, 0.717) is 47.0 Å². The van der Waals surface area contributed by atoms with Crippen LogP contribution in [0.15, 0.2) is 60.7 Å². The average Bonchev–Trinajstić information content (AvgIpc) is 3.44. The first-order valence-corrected chi connectivity index (χ1v) is 12.8. The minimum atomic E-state index is -4.27. The molecule has 0 atom stereocenters. The second-order valence-corrected chi connectivity index (χ2v) is 9.32. The molecule has 4 aromatic rings. The van der Waals surface area contributed by atoms with E-state index in [-0.39, 0.29) is 25.2 Å². The van der Waals surface area contributed by atoms with Gasteiger partial charge in [0.15, 0.2) is 0 Å². The molecule has 0 bridgehead atoms. The van der Waals surface area contributed by atoms with Gasteiger partial charge in [-0.3, -0.25) is 4.79 Å². The number of carbonyl (C=O) groups is 1. The molecule has 4 rings (SSSR count). The van der Waals surface area contributed by atoms with Gasteiger partial charge < -0.3 is 10.1 Å². The zero-order chi connectivity index (χ0) is 27.8. The number of hydrogen-bond acceptors (Lipinski definition) is 5. The first-order valence-electron chi connectivity index (χ1n) is 12.8. The predicted octanol–water partition coefficient (Wildman–Crippen LogP) is 6.70. The highest BCUT2D eigenvalue weighted by Crippen LogP contribution is 2.39. The fourth-order valence-corrected chi connectivity index (χ4v) is 4.27. The lowest BCUT2D eigenvalue weighted by Gasteiger charge is -2.20. The Hall–Kier alpha value is -4.21. The van der Waals surface area contributed by atoms with E-state index in [0.717, 1.165) is 16.7 Å². The van der Waals surface area contributed by atoms with Crippen molar-refractivity contribution >= 4 is 11.6 Å². The third-order valence-corrected chi connectivity index (χ3v) is 6.11. The van der Waals surface area contributed by atoms with Crippen LogP contribution < -0.4 is 10.1 Å². The normalized spacial score (nSPS) is 11.4. The Kier molecular flexibility index (Phi) is 8.96. The maximum atomic E-state index is 13.1. The summed E-state index contributed by atoms with van der Waals surface area (Å²) in [6.45, 7) is 4.26. The van der Waals surface area contributed by atoms with Crippen LogP contribution in [0.2, 0.25) is 0 Å². The number of amides is 1. The molecule has 204 valence electrons. The summed E-state index contributed by atoms with van der Waals surface area (Å²) in [6, 6.07) is 18.6. The Morgan fingerprint density at radius 3 is 2.46 bits per heavy atom. The minimum absolute atomic E-state index is 0.112. The van der Waals surface area contributed by atoms with E-state index in [1.54, 1.807) is 6.07 Å². The van der Waals surface area contributed by atoms with E-state index in [1.807, 2.05) is 68.4 Å². The van der Waals surface area contributed by atoms with Crippen LogP contribution in [0.3, 0.4) is 0 Å². The summed E-state index contributed by atoms with van der Waals surface area (Å²) < 4.78 is 45.0. The number of aromatic nitrogens is 4. The van der Waals surface area contributed by atoms with Gasteiger partial charge in [0.25, 0.3) is 0 Å². The molecule has 7 nitrogen and oxygen atoms in total. The number of ether oxygens (including phenoxy) is 1. The zero-order valence-corrected chi connectivity index (χ0v) is 21.8. The Labute approximate surface area is 224 Å². The third kappa shape index (κ3) is 7.66. The van der Waals surface area contributed by atoms with Crippen LogP contribution in [0.5, 0.6) is 5.75 Å². The number of anilines is 1. The number of carbonyl (C=O) groups excluding carboxylic acids is 1. The van der Waals surface area contributed by atoms with Gasteiger partial charge in [0.05, 0.1) is 18.7 Å². The molecule has 0 unspecified atom stereocenters. The Balaban J connectivity index is 1.76. The molecule has 0 saturated carbocycles. The summed E-state index contributed by atoms with van der Waals surface area (Å²) in [6.07, 6.45) is -4.34. The lowest BCUT2D eigenvalue weighted by Crippen LogP contribution is -2.16. The summed E-state index contributed by atoms with van der Waals surface area (Å²) in [7, 11) is 0. The van der Waals surface area contributed by atoms with Gasteiger partial charge in [0.1, 0.15) is 5.75 Å². The number of rotatable bonds is 11. The van der Waals surface area contributed by atoms with Gasteiger partial charge in [-0.1, -0.05) is 61.0 Å². The number of benzene rings is 3. The van der Waals surface area contributed by atoms with Crippen molar-refractivity contribution in [1.29, 1.82) is 0 Å². The summed E-state index contributed by atoms with van der Waals surface area (Å²) in [4.78, 5) is 13.1. The molecule has 0 radical (unpaired) electrons. The zero-order valence-electron chi connectivity index (χ0n) is 21.8. The average molecular weight is 538 g/mol. The van der Waals surface area contributed by atoms with Crippen LogP contribution >= 0.6 is 0 Å². The van der Waals surface area contributed by atoms with Crippen LogP contribution in [0.1, 0.15) is 42.9 Å². The molecule has 0 fully saturated rings. The second kappa shape index (κ2) is 12.6. The van der Waals surface area contributed by atoms with Crippen LogP contribution in [0.4, 0.5) is 18.9 Å². The van der Waals surface area contributed by atoms with E-state index >= 15 is 0 Å². The number of nitrogens with zero attached hydrogens (tertiary/aromatic N) is 3. The predicted molar refractivity (Wildman–Crippen MR) is 143 cm³/mol. The summed E-state index contributed by atoms with van der Waals surface area (Å²) in [5, 5.41) is 17.2. The van der Waals surface area contributed by atoms with E-state index < -0.39 is 12.6 Å². The molecule has 0 saturated heterocycles. The third-order valence-electron chi connectivity index (χ3n) is 6.11. The number of aryl methyl sites for hydroxylation is 2. The maximum absolute atomic E-state index is 13.1. The number of nitrogens with one attached hydrogen (secondary N) is 2. The number of hydrogen-bond donors (Lipinski definition) is 2. The van der Waals surface area contributed by atoms with Crippen LogP contribution in [-0.2, 0) is 17.6 Å². The monoisotopic (exact) mass is 537 g/mol. The van der Waals surface area contributed by atoms with Crippen molar-refractivity contribution in [3.63, 3.8) is 0 Å². The van der Waals surface area contributed by atoms with Gasteiger partial charge in [0, 0.05) is 12.0 Å². The summed E-state index contributed by atoms with van der Waals surface area (Å²) in [5.41, 5.74) is 5.04. The van der Waals surface area contributed by atoms with Crippen molar-refractivity contribution in [2.24, 2.45) is 0 Å². The second-order valence-electron chi connectivity index (χ2n) is 9.32. The summed E-state index contributed by atoms with van der Waals surface area (Å²) in [5.74, 6) is 0.502. The van der Waals surface area contributed by atoms with Crippen molar-refractivity contribution in [3.05, 3.63) is 77.4 Å². The molecular formula is C29H30F3N5O2. The largest absolute Gasteiger partial charge is 0.491 e. The number of aromatic amines is 1. The Morgan fingerprint density at radius 1 is 1.05 bits per heavy atom. The molecule has 0 spiro atoms. The minimum Gasteiger partial charge on any atom is -0.491 e. The van der Waals surface area contributed by atoms with Crippen molar-refractivity contribution in [1.82, 2.24) is 20.6 Å². The van der Waals surface area contributed by atoms with Crippen LogP contribution in [0.25, 0.3) is 22.5 Å². The highest BCUT2D eigenvalue weighted by atomic mass is 19.4. The van der Waals surface area contributed by atoms with E-state index in [2.05, 4.69) is 25.9 Å². The molecule has 3 aromatic carbocycles. The van der Waals surface area contributed by atoms with E-state index in [9.17, 15) is 18.0 Å². The molecule has 0 aliphatic carbocycles. The van der Waals surface area contributed by atoms with Gasteiger partial charge in [-0.15, -0.1) is 10.2 Å². The maximum Gasteiger partial charge on any atom is 0.389 e. The van der Waals surface area contributed by atoms with Gasteiger partial charge in [0.2, 0.25) is 11.7 Å². The van der Waals surface area contributed by atoms with Crippen LogP contribution in [-0.4, -0.2) is 39.3 Å². The van der Waals surface area contributed by atoms with Crippen molar-refractivity contribution in [2.45, 2.75) is 52.1 Å². The molecule has 39 heavy (non-hydrogen) atoms. The SMILES string of the molecule is CCCOc1c(CCCC(F)(F)F)cc(-c2ccccc2-c2nn[nH]n2)cc1NC(=O)Cc1ccc(C)cc1. The van der Waals surface area contributed by atoms with Gasteiger partial charge >= 0.3 is 6.18 Å². The molecule has 1 amide bonds. The number of H-pyrrole nitrogens is 1. The van der Waals surface area contributed by atoms with Gasteiger partial charge in [-0.25, -0.2) is 0 Å².